The van der Waals surface area contributed by atoms with Crippen LogP contribution in [0, 0.1) is 13.8 Å². The van der Waals surface area contributed by atoms with Gasteiger partial charge in [0, 0.05) is 25.2 Å². The van der Waals surface area contributed by atoms with Crippen LogP contribution in [-0.2, 0) is 0 Å². The first-order valence-corrected chi connectivity index (χ1v) is 7.70. The van der Waals surface area contributed by atoms with E-state index in [0.717, 1.165) is 6.54 Å². The topological polar surface area (TPSA) is 32.5 Å². The van der Waals surface area contributed by atoms with Crippen LogP contribution in [0.3, 0.4) is 0 Å². The van der Waals surface area contributed by atoms with Gasteiger partial charge in [-0.25, -0.2) is 0 Å². The summed E-state index contributed by atoms with van der Waals surface area (Å²) in [5.74, 6) is 0. The van der Waals surface area contributed by atoms with Gasteiger partial charge in [-0.1, -0.05) is 23.8 Å². The Hall–Kier alpha value is -0.900. The Bertz CT molecular complexity index is 444. The molecule has 1 aliphatic rings. The Morgan fingerprint density at radius 1 is 1.40 bits per heavy atom. The predicted octanol–water partition coefficient (Wildman–Crippen LogP) is 2.33. The number of benzene rings is 1. The third kappa shape index (κ3) is 3.40. The van der Waals surface area contributed by atoms with Crippen LogP contribution in [0.4, 0.5) is 0 Å². The monoisotopic (exact) mass is 275 g/mol. The average Bonchev–Trinajstić information content (AvgIpc) is 2.80. The third-order valence-corrected chi connectivity index (χ3v) is 4.72. The maximum Gasteiger partial charge on any atom is 0.0470 e. The van der Waals surface area contributed by atoms with Crippen LogP contribution in [-0.4, -0.2) is 49.6 Å². The summed E-state index contributed by atoms with van der Waals surface area (Å²) in [6, 6.07) is 7.69. The number of likely N-dealkylation sites (N-methyl/N-ethyl adjacent to an activating group) is 2. The van der Waals surface area contributed by atoms with Gasteiger partial charge in [-0.3, -0.25) is 4.90 Å². The lowest BCUT2D eigenvalue weighted by Crippen LogP contribution is -2.40. The van der Waals surface area contributed by atoms with Crippen molar-refractivity contribution in [2.24, 2.45) is 5.73 Å². The van der Waals surface area contributed by atoms with E-state index in [0.29, 0.717) is 18.6 Å². The molecular formula is C17H29N3. The van der Waals surface area contributed by atoms with Gasteiger partial charge in [0.05, 0.1) is 0 Å². The Kier molecular flexibility index (Phi) is 5.19. The van der Waals surface area contributed by atoms with Crippen LogP contribution in [0.1, 0.15) is 35.6 Å². The van der Waals surface area contributed by atoms with Gasteiger partial charge in [-0.2, -0.15) is 0 Å². The number of nitrogens with zero attached hydrogens (tertiary/aromatic N) is 2. The summed E-state index contributed by atoms with van der Waals surface area (Å²) in [7, 11) is 4.45. The summed E-state index contributed by atoms with van der Waals surface area (Å²) in [6.07, 6.45) is 2.64. The smallest absolute Gasteiger partial charge is 0.0470 e. The number of hydrogen-bond donors (Lipinski definition) is 1. The summed E-state index contributed by atoms with van der Waals surface area (Å²) in [5.41, 5.74) is 10.1. The molecule has 1 aromatic carbocycles. The fourth-order valence-electron chi connectivity index (χ4n) is 3.33. The second-order valence-electron chi connectivity index (χ2n) is 6.33. The van der Waals surface area contributed by atoms with Gasteiger partial charge in [0.25, 0.3) is 0 Å². The van der Waals surface area contributed by atoms with E-state index >= 15 is 0 Å². The first-order chi connectivity index (χ1) is 9.52. The van der Waals surface area contributed by atoms with Gasteiger partial charge in [-0.05, 0) is 58.5 Å². The minimum Gasteiger partial charge on any atom is -0.329 e. The van der Waals surface area contributed by atoms with Crippen molar-refractivity contribution in [3.05, 3.63) is 34.9 Å². The molecular weight excluding hydrogens is 246 g/mol. The average molecular weight is 275 g/mol. The SMILES string of the molecule is Cc1ccc(C)c(C(CN)N(C)CC2CCCN2C)c1. The molecule has 1 heterocycles. The van der Waals surface area contributed by atoms with Crippen LogP contribution in [0.2, 0.25) is 0 Å². The highest BCUT2D eigenvalue weighted by atomic mass is 15.2. The molecule has 0 saturated carbocycles. The van der Waals surface area contributed by atoms with Gasteiger partial charge in [0.2, 0.25) is 0 Å². The van der Waals surface area contributed by atoms with Crippen LogP contribution in [0.25, 0.3) is 0 Å². The number of aryl methyl sites for hydroxylation is 2. The van der Waals surface area contributed by atoms with E-state index in [1.54, 1.807) is 0 Å². The quantitative estimate of drug-likeness (QED) is 0.895. The molecule has 112 valence electrons. The predicted molar refractivity (Wildman–Crippen MR) is 86.0 cm³/mol. The van der Waals surface area contributed by atoms with Crippen LogP contribution < -0.4 is 5.73 Å². The molecule has 0 aliphatic carbocycles. The maximum absolute atomic E-state index is 6.08. The van der Waals surface area contributed by atoms with Gasteiger partial charge in [-0.15, -0.1) is 0 Å². The molecule has 1 aliphatic heterocycles. The molecule has 0 aromatic heterocycles. The fourth-order valence-corrected chi connectivity index (χ4v) is 3.33. The van der Waals surface area contributed by atoms with Gasteiger partial charge in [0.1, 0.15) is 0 Å². The molecule has 20 heavy (non-hydrogen) atoms. The van der Waals surface area contributed by atoms with Crippen molar-refractivity contribution in [2.75, 3.05) is 33.7 Å². The zero-order chi connectivity index (χ0) is 14.7. The summed E-state index contributed by atoms with van der Waals surface area (Å²) < 4.78 is 0. The minimum absolute atomic E-state index is 0.323. The van der Waals surface area contributed by atoms with E-state index in [4.69, 9.17) is 5.73 Å². The first kappa shape index (κ1) is 15.5. The standard InChI is InChI=1S/C17H29N3/c1-13-7-8-14(2)16(10-13)17(11-18)20(4)12-15-6-5-9-19(15)3/h7-8,10,15,17H,5-6,9,11-12,18H2,1-4H3. The largest absolute Gasteiger partial charge is 0.329 e. The van der Waals surface area contributed by atoms with E-state index in [1.807, 2.05) is 0 Å². The molecule has 0 radical (unpaired) electrons. The normalized spacial score (nSPS) is 21.6. The Morgan fingerprint density at radius 2 is 2.15 bits per heavy atom. The van der Waals surface area contributed by atoms with Crippen molar-refractivity contribution < 1.29 is 0 Å². The van der Waals surface area contributed by atoms with Crippen molar-refractivity contribution >= 4 is 0 Å². The molecule has 0 bridgehead atoms. The van der Waals surface area contributed by atoms with Gasteiger partial charge in [0.15, 0.2) is 0 Å². The Labute approximate surface area is 123 Å². The Balaban J connectivity index is 2.12. The van der Waals surface area contributed by atoms with Crippen molar-refractivity contribution in [1.82, 2.24) is 9.80 Å². The van der Waals surface area contributed by atoms with Crippen molar-refractivity contribution in [1.29, 1.82) is 0 Å². The second-order valence-corrected chi connectivity index (χ2v) is 6.33. The van der Waals surface area contributed by atoms with E-state index in [9.17, 15) is 0 Å². The van der Waals surface area contributed by atoms with E-state index in [1.165, 1.54) is 36.1 Å². The summed E-state index contributed by atoms with van der Waals surface area (Å²) in [4.78, 5) is 4.92. The zero-order valence-corrected chi connectivity index (χ0v) is 13.4. The highest BCUT2D eigenvalue weighted by molar-refractivity contribution is 5.33. The van der Waals surface area contributed by atoms with E-state index in [-0.39, 0.29) is 0 Å². The highest BCUT2D eigenvalue weighted by Gasteiger charge is 2.25. The molecule has 2 N–H and O–H groups in total. The summed E-state index contributed by atoms with van der Waals surface area (Å²) in [5, 5.41) is 0. The Morgan fingerprint density at radius 3 is 2.75 bits per heavy atom. The van der Waals surface area contributed by atoms with E-state index in [2.05, 4.69) is 55.9 Å². The number of rotatable bonds is 5. The van der Waals surface area contributed by atoms with E-state index < -0.39 is 0 Å². The molecule has 1 saturated heterocycles. The van der Waals surface area contributed by atoms with Crippen LogP contribution in [0.15, 0.2) is 18.2 Å². The first-order valence-electron chi connectivity index (χ1n) is 7.70. The van der Waals surface area contributed by atoms with Gasteiger partial charge < -0.3 is 10.6 Å². The van der Waals surface area contributed by atoms with Gasteiger partial charge >= 0.3 is 0 Å². The van der Waals surface area contributed by atoms with Crippen LogP contribution >= 0.6 is 0 Å². The summed E-state index contributed by atoms with van der Waals surface area (Å²) in [6.45, 7) is 7.35. The molecule has 0 spiro atoms. The minimum atomic E-state index is 0.323. The molecule has 1 fully saturated rings. The lowest BCUT2D eigenvalue weighted by molar-refractivity contribution is 0.179. The highest BCUT2D eigenvalue weighted by Crippen LogP contribution is 2.25. The molecule has 1 aromatic rings. The molecule has 3 heteroatoms. The number of hydrogen-bond acceptors (Lipinski definition) is 3. The zero-order valence-electron chi connectivity index (χ0n) is 13.4. The molecule has 2 unspecified atom stereocenters. The van der Waals surface area contributed by atoms with Crippen molar-refractivity contribution in [2.45, 2.75) is 38.8 Å². The van der Waals surface area contributed by atoms with Crippen molar-refractivity contribution in [3.8, 4) is 0 Å². The number of likely N-dealkylation sites (tertiary alicyclic amines) is 1. The number of nitrogens with two attached hydrogens (primary N) is 1. The van der Waals surface area contributed by atoms with Crippen LogP contribution in [0.5, 0.6) is 0 Å². The maximum atomic E-state index is 6.08. The molecule has 2 rings (SSSR count). The fraction of sp³-hybridized carbons (Fsp3) is 0.647. The molecule has 0 amide bonds. The van der Waals surface area contributed by atoms with Crippen molar-refractivity contribution in [3.63, 3.8) is 0 Å². The third-order valence-electron chi connectivity index (χ3n) is 4.72. The lowest BCUT2D eigenvalue weighted by Gasteiger charge is -2.32. The molecule has 3 nitrogen and oxygen atoms in total. The second kappa shape index (κ2) is 6.70. The summed E-state index contributed by atoms with van der Waals surface area (Å²) >= 11 is 0. The lowest BCUT2D eigenvalue weighted by atomic mass is 9.97. The molecule has 2 atom stereocenters.